The molecule has 0 aliphatic heterocycles. The van der Waals surface area contributed by atoms with Crippen LogP contribution in [0.1, 0.15) is 25.8 Å². The second-order valence-corrected chi connectivity index (χ2v) is 6.97. The highest BCUT2D eigenvalue weighted by molar-refractivity contribution is 7.89. The lowest BCUT2D eigenvalue weighted by Crippen LogP contribution is -2.20. The number of benzene rings is 2. The van der Waals surface area contributed by atoms with E-state index in [1.165, 1.54) is 36.4 Å². The van der Waals surface area contributed by atoms with Gasteiger partial charge in [-0.1, -0.05) is 6.92 Å². The first-order valence-corrected chi connectivity index (χ1v) is 9.70. The van der Waals surface area contributed by atoms with Crippen molar-refractivity contribution in [3.05, 3.63) is 54.1 Å². The van der Waals surface area contributed by atoms with Crippen molar-refractivity contribution >= 4 is 15.7 Å². The number of nitrogens with zero attached hydrogens (tertiary/aromatic N) is 1. The molecule has 6 nitrogen and oxygen atoms in total. The predicted octanol–water partition coefficient (Wildman–Crippen LogP) is 3.78. The van der Waals surface area contributed by atoms with Crippen LogP contribution in [0.4, 0.5) is 8.78 Å². The summed E-state index contributed by atoms with van der Waals surface area (Å²) in [6.07, 6.45) is 0.431. The largest absolute Gasteiger partial charge is 0.494 e. The highest BCUT2D eigenvalue weighted by atomic mass is 32.2. The fraction of sp³-hybridized carbons (Fsp3) is 0.278. The second-order valence-electron chi connectivity index (χ2n) is 5.31. The highest BCUT2D eigenvalue weighted by Crippen LogP contribution is 2.18. The Balaban J connectivity index is 2.14. The van der Waals surface area contributed by atoms with E-state index in [2.05, 4.69) is 14.7 Å². The maximum Gasteiger partial charge on any atom is 0.387 e. The summed E-state index contributed by atoms with van der Waals surface area (Å²) >= 11 is 0. The van der Waals surface area contributed by atoms with Gasteiger partial charge in [0.25, 0.3) is 10.0 Å². The molecule has 0 aromatic heterocycles. The van der Waals surface area contributed by atoms with E-state index < -0.39 is 16.6 Å². The Kier molecular flexibility index (Phi) is 7.12. The molecule has 0 heterocycles. The molecule has 0 saturated carbocycles. The third-order valence-electron chi connectivity index (χ3n) is 3.49. The summed E-state index contributed by atoms with van der Waals surface area (Å²) in [5, 5.41) is 3.97. The van der Waals surface area contributed by atoms with E-state index in [1.54, 1.807) is 19.1 Å². The molecule has 146 valence electrons. The summed E-state index contributed by atoms with van der Waals surface area (Å²) in [6, 6.07) is 11.8. The van der Waals surface area contributed by atoms with Crippen molar-refractivity contribution in [3.8, 4) is 11.5 Å². The van der Waals surface area contributed by atoms with Crippen LogP contribution in [0.25, 0.3) is 0 Å². The van der Waals surface area contributed by atoms with Crippen molar-refractivity contribution in [1.29, 1.82) is 0 Å². The Bertz CT molecular complexity index is 867. The molecule has 0 aliphatic carbocycles. The number of sulfonamides is 1. The third kappa shape index (κ3) is 5.92. The zero-order valence-electron chi connectivity index (χ0n) is 14.9. The number of rotatable bonds is 9. The minimum absolute atomic E-state index is 0.0131. The summed E-state index contributed by atoms with van der Waals surface area (Å²) in [5.41, 5.74) is 1.04. The zero-order chi connectivity index (χ0) is 19.9. The lowest BCUT2D eigenvalue weighted by Gasteiger charge is -2.09. The lowest BCUT2D eigenvalue weighted by atomic mass is 10.1. The van der Waals surface area contributed by atoms with E-state index in [-0.39, 0.29) is 10.6 Å². The number of hydrogen-bond acceptors (Lipinski definition) is 5. The number of alkyl halides is 2. The molecule has 0 bridgehead atoms. The molecule has 0 amide bonds. The molecular weight excluding hydrogens is 378 g/mol. The molecule has 1 N–H and O–H groups in total. The maximum absolute atomic E-state index is 12.4. The van der Waals surface area contributed by atoms with Crippen LogP contribution in [0.15, 0.2) is 58.5 Å². The quantitative estimate of drug-likeness (QED) is 0.515. The fourth-order valence-corrected chi connectivity index (χ4v) is 3.06. The lowest BCUT2D eigenvalue weighted by molar-refractivity contribution is -0.0498. The van der Waals surface area contributed by atoms with Crippen LogP contribution in [0, 0.1) is 0 Å². The van der Waals surface area contributed by atoms with Gasteiger partial charge in [0.05, 0.1) is 17.2 Å². The first-order valence-electron chi connectivity index (χ1n) is 8.22. The van der Waals surface area contributed by atoms with E-state index in [0.717, 1.165) is 0 Å². The van der Waals surface area contributed by atoms with Crippen molar-refractivity contribution < 1.29 is 26.7 Å². The molecule has 2 rings (SSSR count). The molecule has 0 aliphatic rings. The van der Waals surface area contributed by atoms with Crippen molar-refractivity contribution in [2.24, 2.45) is 5.10 Å². The van der Waals surface area contributed by atoms with E-state index in [0.29, 0.717) is 30.1 Å². The Morgan fingerprint density at radius 2 is 1.63 bits per heavy atom. The van der Waals surface area contributed by atoms with Gasteiger partial charge >= 0.3 is 6.61 Å². The summed E-state index contributed by atoms with van der Waals surface area (Å²) < 4.78 is 58.7. The fourth-order valence-electron chi connectivity index (χ4n) is 2.23. The second kappa shape index (κ2) is 9.31. The van der Waals surface area contributed by atoms with Gasteiger partial charge in [-0.05, 0) is 67.4 Å². The van der Waals surface area contributed by atoms with E-state index in [4.69, 9.17) is 4.74 Å². The van der Waals surface area contributed by atoms with Gasteiger partial charge in [-0.25, -0.2) is 0 Å². The van der Waals surface area contributed by atoms with Crippen molar-refractivity contribution in [1.82, 2.24) is 4.83 Å². The van der Waals surface area contributed by atoms with Gasteiger partial charge in [-0.3, -0.25) is 0 Å². The third-order valence-corrected chi connectivity index (χ3v) is 4.72. The van der Waals surface area contributed by atoms with E-state index in [9.17, 15) is 17.2 Å². The average molecular weight is 398 g/mol. The molecule has 0 atom stereocenters. The number of halogens is 2. The molecule has 2 aromatic carbocycles. The maximum atomic E-state index is 12.4. The van der Waals surface area contributed by atoms with Crippen LogP contribution in [-0.4, -0.2) is 27.3 Å². The zero-order valence-corrected chi connectivity index (χ0v) is 15.7. The number of nitrogens with one attached hydrogen (secondary N) is 1. The van der Waals surface area contributed by atoms with Crippen LogP contribution < -0.4 is 14.3 Å². The molecule has 0 spiro atoms. The van der Waals surface area contributed by atoms with E-state index >= 15 is 0 Å². The Morgan fingerprint density at radius 1 is 1.04 bits per heavy atom. The monoisotopic (exact) mass is 398 g/mol. The normalized spacial score (nSPS) is 12.1. The first-order chi connectivity index (χ1) is 12.9. The van der Waals surface area contributed by atoms with Crippen LogP contribution in [-0.2, 0) is 10.0 Å². The molecule has 0 radical (unpaired) electrons. The molecular formula is C18H20F2N2O4S. The van der Waals surface area contributed by atoms with Crippen LogP contribution in [0.3, 0.4) is 0 Å². The van der Waals surface area contributed by atoms with Crippen molar-refractivity contribution in [2.45, 2.75) is 31.8 Å². The van der Waals surface area contributed by atoms with Gasteiger partial charge in [0.15, 0.2) is 0 Å². The highest BCUT2D eigenvalue weighted by Gasteiger charge is 2.14. The molecule has 0 saturated heterocycles. The van der Waals surface area contributed by atoms with Gasteiger partial charge in [-0.15, -0.1) is 0 Å². The summed E-state index contributed by atoms with van der Waals surface area (Å²) in [5.74, 6) is 0.583. The molecule has 27 heavy (non-hydrogen) atoms. The smallest absolute Gasteiger partial charge is 0.387 e. The molecule has 0 fully saturated rings. The Morgan fingerprint density at radius 3 is 2.15 bits per heavy atom. The van der Waals surface area contributed by atoms with Gasteiger partial charge in [0, 0.05) is 0 Å². The van der Waals surface area contributed by atoms with Gasteiger partial charge < -0.3 is 9.47 Å². The Labute approximate surface area is 156 Å². The molecule has 9 heteroatoms. The summed E-state index contributed by atoms with van der Waals surface area (Å²) in [7, 11) is -3.85. The van der Waals surface area contributed by atoms with Crippen molar-refractivity contribution in [2.75, 3.05) is 6.61 Å². The Hall–Kier alpha value is -2.68. The topological polar surface area (TPSA) is 77.0 Å². The standard InChI is InChI=1S/C18H20F2N2O4S/c1-3-17(13-5-7-15(8-6-13)26-18(19)20)21-22-27(23,24)16-11-9-14(10-12-16)25-4-2/h5-12,18,22H,3-4H2,1-2H3/b21-17-. The number of hydrogen-bond donors (Lipinski definition) is 1. The molecule has 0 unspecified atom stereocenters. The SMILES string of the molecule is CCOc1ccc(S(=O)(=O)N/N=C(/CC)c2ccc(OC(F)F)cc2)cc1. The van der Waals surface area contributed by atoms with Crippen LogP contribution >= 0.6 is 0 Å². The molecule has 2 aromatic rings. The number of hydrazone groups is 1. The van der Waals surface area contributed by atoms with Gasteiger partial charge in [-0.2, -0.15) is 27.1 Å². The minimum Gasteiger partial charge on any atom is -0.494 e. The summed E-state index contributed by atoms with van der Waals surface area (Å²) in [4.78, 5) is 2.24. The van der Waals surface area contributed by atoms with Crippen LogP contribution in [0.5, 0.6) is 11.5 Å². The van der Waals surface area contributed by atoms with Gasteiger partial charge in [0.1, 0.15) is 11.5 Å². The summed E-state index contributed by atoms with van der Waals surface area (Å²) in [6.45, 7) is 1.21. The number of ether oxygens (including phenoxy) is 2. The predicted molar refractivity (Wildman–Crippen MR) is 97.8 cm³/mol. The minimum atomic E-state index is -3.85. The van der Waals surface area contributed by atoms with Crippen LogP contribution in [0.2, 0.25) is 0 Å². The first kappa shape index (κ1) is 20.6. The van der Waals surface area contributed by atoms with Crippen molar-refractivity contribution in [3.63, 3.8) is 0 Å². The average Bonchev–Trinajstić information content (AvgIpc) is 2.64. The van der Waals surface area contributed by atoms with Gasteiger partial charge in [0.2, 0.25) is 0 Å². The van der Waals surface area contributed by atoms with E-state index in [1.807, 2.05) is 6.92 Å².